The fraction of sp³-hybridized carbons (Fsp3) is 0.600. The minimum Gasteiger partial charge on any atom is -0.493 e. The lowest BCUT2D eigenvalue weighted by molar-refractivity contribution is 0.199. The van der Waals surface area contributed by atoms with E-state index in [1.807, 2.05) is 0 Å². The number of benzene rings is 1. The highest BCUT2D eigenvalue weighted by molar-refractivity contribution is 7.89. The molecule has 1 aromatic carbocycles. The fourth-order valence-corrected chi connectivity index (χ4v) is 2.67. The third-order valence-corrected chi connectivity index (χ3v) is 4.27. The van der Waals surface area contributed by atoms with Gasteiger partial charge in [-0.2, -0.15) is 0 Å². The van der Waals surface area contributed by atoms with Crippen LogP contribution in [0.5, 0.6) is 5.75 Å². The molecular weight excluding hydrogens is 304 g/mol. The number of nitrogens with one attached hydrogen (secondary N) is 2. The minimum atomic E-state index is -3.48. The summed E-state index contributed by atoms with van der Waals surface area (Å²) < 4.78 is 37.2. The molecule has 0 amide bonds. The van der Waals surface area contributed by atoms with E-state index in [0.29, 0.717) is 44.5 Å². The van der Waals surface area contributed by atoms with Gasteiger partial charge in [-0.25, -0.2) is 13.1 Å². The van der Waals surface area contributed by atoms with Gasteiger partial charge in [-0.15, -0.1) is 0 Å². The normalized spacial score (nSPS) is 11.8. The Balaban J connectivity index is 2.44. The third-order valence-electron chi connectivity index (χ3n) is 2.79. The molecule has 0 fully saturated rings. The Kier molecular flexibility index (Phi) is 8.40. The van der Waals surface area contributed by atoms with Crippen LogP contribution in [0.3, 0.4) is 0 Å². The van der Waals surface area contributed by atoms with E-state index < -0.39 is 10.0 Å². The van der Waals surface area contributed by atoms with Crippen LogP contribution < -0.4 is 14.8 Å². The first-order valence-electron chi connectivity index (χ1n) is 7.38. The Hall–Kier alpha value is -1.15. The van der Waals surface area contributed by atoms with Crippen LogP contribution in [0.25, 0.3) is 0 Å². The lowest BCUT2D eigenvalue weighted by Gasteiger charge is -2.10. The van der Waals surface area contributed by atoms with Crippen molar-refractivity contribution in [2.45, 2.75) is 18.7 Å². The van der Waals surface area contributed by atoms with E-state index in [9.17, 15) is 8.42 Å². The molecule has 0 aromatic heterocycles. The SMILES string of the molecule is COCCNCCNS(=O)(=O)c1ccc(OCC(C)C)cc1. The number of sulfonamides is 1. The van der Waals surface area contributed by atoms with E-state index in [1.54, 1.807) is 31.4 Å². The standard InChI is InChI=1S/C15H26N2O4S/c1-13(2)12-21-14-4-6-15(7-5-14)22(18,19)17-9-8-16-10-11-20-3/h4-7,13,16-17H,8-12H2,1-3H3. The van der Waals surface area contributed by atoms with E-state index in [0.717, 1.165) is 0 Å². The quantitative estimate of drug-likeness (QED) is 0.597. The second kappa shape index (κ2) is 9.78. The summed E-state index contributed by atoms with van der Waals surface area (Å²) in [5.74, 6) is 1.10. The van der Waals surface area contributed by atoms with Crippen LogP contribution in [0.4, 0.5) is 0 Å². The Labute approximate surface area is 133 Å². The summed E-state index contributed by atoms with van der Waals surface area (Å²) in [6.07, 6.45) is 0. The monoisotopic (exact) mass is 330 g/mol. The molecular formula is C15H26N2O4S. The lowest BCUT2D eigenvalue weighted by atomic mass is 10.2. The maximum absolute atomic E-state index is 12.1. The molecule has 6 nitrogen and oxygen atoms in total. The van der Waals surface area contributed by atoms with Gasteiger partial charge in [-0.3, -0.25) is 0 Å². The molecule has 7 heteroatoms. The molecule has 1 rings (SSSR count). The molecule has 0 atom stereocenters. The first-order valence-corrected chi connectivity index (χ1v) is 8.86. The van der Waals surface area contributed by atoms with Crippen LogP contribution in [-0.4, -0.2) is 48.4 Å². The Morgan fingerprint density at radius 1 is 1.09 bits per heavy atom. The molecule has 0 aliphatic rings. The zero-order valence-corrected chi connectivity index (χ0v) is 14.3. The van der Waals surface area contributed by atoms with Gasteiger partial charge in [0.15, 0.2) is 0 Å². The first kappa shape index (κ1) is 18.9. The Bertz CT molecular complexity index is 515. The van der Waals surface area contributed by atoms with Gasteiger partial charge in [0.2, 0.25) is 10.0 Å². The largest absolute Gasteiger partial charge is 0.493 e. The van der Waals surface area contributed by atoms with Gasteiger partial charge >= 0.3 is 0 Å². The molecule has 2 N–H and O–H groups in total. The molecule has 0 bridgehead atoms. The highest BCUT2D eigenvalue weighted by atomic mass is 32.2. The van der Waals surface area contributed by atoms with Crippen LogP contribution in [-0.2, 0) is 14.8 Å². The fourth-order valence-electron chi connectivity index (χ4n) is 1.63. The van der Waals surface area contributed by atoms with E-state index in [-0.39, 0.29) is 4.90 Å². The van der Waals surface area contributed by atoms with Crippen molar-refractivity contribution in [2.75, 3.05) is 40.0 Å². The predicted molar refractivity (Wildman–Crippen MR) is 86.7 cm³/mol. The number of ether oxygens (including phenoxy) is 2. The van der Waals surface area contributed by atoms with Crippen molar-refractivity contribution in [3.05, 3.63) is 24.3 Å². The van der Waals surface area contributed by atoms with Gasteiger partial charge in [0.05, 0.1) is 18.1 Å². The van der Waals surface area contributed by atoms with Crippen molar-refractivity contribution >= 4 is 10.0 Å². The predicted octanol–water partition coefficient (Wildman–Crippen LogP) is 1.24. The molecule has 0 aliphatic carbocycles. The van der Waals surface area contributed by atoms with Gasteiger partial charge in [-0.1, -0.05) is 13.8 Å². The van der Waals surface area contributed by atoms with E-state index in [1.165, 1.54) is 0 Å². The van der Waals surface area contributed by atoms with Crippen molar-refractivity contribution in [3.8, 4) is 5.75 Å². The number of hydrogen-bond acceptors (Lipinski definition) is 5. The van der Waals surface area contributed by atoms with Crippen molar-refractivity contribution in [3.63, 3.8) is 0 Å². The molecule has 0 unspecified atom stereocenters. The zero-order chi connectivity index (χ0) is 16.4. The lowest BCUT2D eigenvalue weighted by Crippen LogP contribution is -2.33. The summed E-state index contributed by atoms with van der Waals surface area (Å²) in [4.78, 5) is 0.237. The van der Waals surface area contributed by atoms with E-state index in [2.05, 4.69) is 23.9 Å². The zero-order valence-electron chi connectivity index (χ0n) is 13.5. The summed E-state index contributed by atoms with van der Waals surface area (Å²) in [7, 11) is -1.85. The molecule has 0 spiro atoms. The molecule has 0 heterocycles. The summed E-state index contributed by atoms with van der Waals surface area (Å²) in [6, 6.07) is 6.45. The Morgan fingerprint density at radius 2 is 1.77 bits per heavy atom. The van der Waals surface area contributed by atoms with Gasteiger partial charge in [0.25, 0.3) is 0 Å². The summed E-state index contributed by atoms with van der Waals surface area (Å²) in [5, 5.41) is 3.07. The highest BCUT2D eigenvalue weighted by Crippen LogP contribution is 2.16. The van der Waals surface area contributed by atoms with Crippen molar-refractivity contribution in [1.82, 2.24) is 10.0 Å². The minimum absolute atomic E-state index is 0.237. The maximum atomic E-state index is 12.1. The van der Waals surface area contributed by atoms with Gasteiger partial charge in [-0.05, 0) is 30.2 Å². The first-order chi connectivity index (χ1) is 10.5. The molecule has 0 aliphatic heterocycles. The van der Waals surface area contributed by atoms with Gasteiger partial charge < -0.3 is 14.8 Å². The van der Waals surface area contributed by atoms with E-state index in [4.69, 9.17) is 9.47 Å². The van der Waals surface area contributed by atoms with E-state index >= 15 is 0 Å². The summed E-state index contributed by atoms with van der Waals surface area (Å²) in [5.41, 5.74) is 0. The number of hydrogen-bond donors (Lipinski definition) is 2. The van der Waals surface area contributed by atoms with Crippen LogP contribution in [0.1, 0.15) is 13.8 Å². The molecule has 1 aromatic rings. The van der Waals surface area contributed by atoms with Gasteiger partial charge in [0, 0.05) is 26.7 Å². The molecule has 22 heavy (non-hydrogen) atoms. The van der Waals surface area contributed by atoms with Gasteiger partial charge in [0.1, 0.15) is 5.75 Å². The van der Waals surface area contributed by atoms with Crippen LogP contribution in [0.2, 0.25) is 0 Å². The van der Waals surface area contributed by atoms with Crippen molar-refractivity contribution < 1.29 is 17.9 Å². The smallest absolute Gasteiger partial charge is 0.240 e. The number of rotatable bonds is 11. The molecule has 0 saturated carbocycles. The summed E-state index contributed by atoms with van der Waals surface area (Å²) >= 11 is 0. The summed E-state index contributed by atoms with van der Waals surface area (Å²) in [6.45, 7) is 6.91. The average Bonchev–Trinajstić information content (AvgIpc) is 2.49. The maximum Gasteiger partial charge on any atom is 0.240 e. The van der Waals surface area contributed by atoms with Crippen LogP contribution >= 0.6 is 0 Å². The topological polar surface area (TPSA) is 76.7 Å². The van der Waals surface area contributed by atoms with Crippen LogP contribution in [0, 0.1) is 5.92 Å². The molecule has 126 valence electrons. The third kappa shape index (κ3) is 7.22. The second-order valence-electron chi connectivity index (χ2n) is 5.32. The number of methoxy groups -OCH3 is 1. The second-order valence-corrected chi connectivity index (χ2v) is 7.08. The molecule has 0 saturated heterocycles. The van der Waals surface area contributed by atoms with Crippen molar-refractivity contribution in [2.24, 2.45) is 5.92 Å². The molecule has 0 radical (unpaired) electrons. The highest BCUT2D eigenvalue weighted by Gasteiger charge is 2.13. The Morgan fingerprint density at radius 3 is 2.36 bits per heavy atom. The average molecular weight is 330 g/mol. The van der Waals surface area contributed by atoms with Crippen LogP contribution in [0.15, 0.2) is 29.2 Å². The van der Waals surface area contributed by atoms with Crippen molar-refractivity contribution in [1.29, 1.82) is 0 Å².